The molecule has 1 aromatic carbocycles. The molecule has 2 N–H and O–H groups in total. The van der Waals surface area contributed by atoms with Gasteiger partial charge in [0, 0.05) is 24.7 Å². The van der Waals surface area contributed by atoms with Crippen LogP contribution in [0.2, 0.25) is 0 Å². The lowest BCUT2D eigenvalue weighted by atomic mass is 10.1. The first-order valence-corrected chi connectivity index (χ1v) is 5.95. The minimum absolute atomic E-state index is 0.0999. The number of anilines is 1. The summed E-state index contributed by atoms with van der Waals surface area (Å²) in [6.45, 7) is 1.81. The fourth-order valence-electron chi connectivity index (χ4n) is 1.47. The smallest absolute Gasteiger partial charge is 0.251 e. The average molecular weight is 252 g/mol. The van der Waals surface area contributed by atoms with E-state index in [1.54, 1.807) is 32.2 Å². The molecule has 2 amide bonds. The molecule has 0 heterocycles. The Morgan fingerprint density at radius 1 is 1.35 bits per heavy atom. The maximum Gasteiger partial charge on any atom is 0.251 e. The van der Waals surface area contributed by atoms with Gasteiger partial charge in [0.1, 0.15) is 0 Å². The predicted molar refractivity (Wildman–Crippen MR) is 71.7 cm³/mol. The van der Waals surface area contributed by atoms with E-state index in [9.17, 15) is 9.59 Å². The molecule has 0 atom stereocenters. The molecule has 0 radical (unpaired) electrons. The number of hydrogen-bond acceptors (Lipinski definition) is 3. The van der Waals surface area contributed by atoms with Gasteiger partial charge in [-0.05, 0) is 30.4 Å². The lowest BCUT2D eigenvalue weighted by Crippen LogP contribution is -2.20. The molecule has 0 spiro atoms. The molecule has 5 heteroatoms. The Labute approximate surface area is 106 Å². The molecule has 0 aromatic heterocycles. The third kappa shape index (κ3) is 3.49. The van der Waals surface area contributed by atoms with Crippen LogP contribution in [0.1, 0.15) is 22.3 Å². The number of hydrogen-bond donors (Lipinski definition) is 3. The molecular weight excluding hydrogens is 236 g/mol. The van der Waals surface area contributed by atoms with Gasteiger partial charge in [0.15, 0.2) is 0 Å². The minimum atomic E-state index is -0.159. The number of amides is 2. The van der Waals surface area contributed by atoms with E-state index < -0.39 is 0 Å². The molecule has 4 nitrogen and oxygen atoms in total. The van der Waals surface area contributed by atoms with Crippen molar-refractivity contribution in [2.45, 2.75) is 13.3 Å². The van der Waals surface area contributed by atoms with Gasteiger partial charge >= 0.3 is 0 Å². The molecule has 0 bridgehead atoms. The zero-order chi connectivity index (χ0) is 12.8. The average Bonchev–Trinajstić information content (AvgIpc) is 2.31. The Morgan fingerprint density at radius 2 is 2.06 bits per heavy atom. The molecule has 17 heavy (non-hydrogen) atoms. The lowest BCUT2D eigenvalue weighted by Gasteiger charge is -2.11. The molecule has 0 aliphatic carbocycles. The highest BCUT2D eigenvalue weighted by Gasteiger charge is 2.11. The molecule has 1 rings (SSSR count). The first-order valence-electron chi connectivity index (χ1n) is 5.32. The summed E-state index contributed by atoms with van der Waals surface area (Å²) in [5.74, 6) is 0.241. The van der Waals surface area contributed by atoms with Crippen LogP contribution in [-0.2, 0) is 4.79 Å². The van der Waals surface area contributed by atoms with Crippen molar-refractivity contribution in [3.8, 4) is 0 Å². The molecule has 1 aromatic rings. The molecule has 0 aliphatic rings. The largest absolute Gasteiger partial charge is 0.355 e. The molecule has 0 unspecified atom stereocenters. The van der Waals surface area contributed by atoms with Gasteiger partial charge in [-0.1, -0.05) is 6.07 Å². The summed E-state index contributed by atoms with van der Waals surface area (Å²) < 4.78 is 0. The van der Waals surface area contributed by atoms with Gasteiger partial charge < -0.3 is 10.6 Å². The van der Waals surface area contributed by atoms with Crippen LogP contribution < -0.4 is 10.6 Å². The molecule has 0 saturated heterocycles. The van der Waals surface area contributed by atoms with Crippen molar-refractivity contribution in [2.75, 3.05) is 18.1 Å². The van der Waals surface area contributed by atoms with Crippen molar-refractivity contribution in [1.29, 1.82) is 0 Å². The van der Waals surface area contributed by atoms with E-state index in [1.807, 2.05) is 0 Å². The van der Waals surface area contributed by atoms with Crippen LogP contribution >= 0.6 is 12.6 Å². The van der Waals surface area contributed by atoms with Crippen molar-refractivity contribution in [1.82, 2.24) is 5.32 Å². The summed E-state index contributed by atoms with van der Waals surface area (Å²) in [5.41, 5.74) is 1.99. The first-order chi connectivity index (χ1) is 8.10. The van der Waals surface area contributed by atoms with Crippen LogP contribution in [0.4, 0.5) is 5.69 Å². The third-order valence-electron chi connectivity index (χ3n) is 2.42. The quantitative estimate of drug-likeness (QED) is 0.713. The molecular formula is C12H16N2O2S. The van der Waals surface area contributed by atoms with Gasteiger partial charge in [-0.2, -0.15) is 12.6 Å². The molecule has 92 valence electrons. The van der Waals surface area contributed by atoms with Crippen LogP contribution in [0.3, 0.4) is 0 Å². The summed E-state index contributed by atoms with van der Waals surface area (Å²) in [4.78, 5) is 23.0. The summed E-state index contributed by atoms with van der Waals surface area (Å²) in [6.07, 6.45) is 0.354. The maximum atomic E-state index is 11.6. The molecule has 0 fully saturated rings. The van der Waals surface area contributed by atoms with Gasteiger partial charge in [-0.3, -0.25) is 9.59 Å². The van der Waals surface area contributed by atoms with Gasteiger partial charge in [0.05, 0.1) is 0 Å². The number of nitrogens with one attached hydrogen (secondary N) is 2. The van der Waals surface area contributed by atoms with Gasteiger partial charge in [-0.25, -0.2) is 0 Å². The first kappa shape index (κ1) is 13.6. The van der Waals surface area contributed by atoms with Crippen LogP contribution in [-0.4, -0.2) is 24.6 Å². The van der Waals surface area contributed by atoms with Crippen LogP contribution in [0, 0.1) is 6.92 Å². The summed E-state index contributed by atoms with van der Waals surface area (Å²) in [6, 6.07) is 5.24. The van der Waals surface area contributed by atoms with E-state index in [0.29, 0.717) is 23.4 Å². The van der Waals surface area contributed by atoms with Gasteiger partial charge in [0.2, 0.25) is 5.91 Å². The predicted octanol–water partition coefficient (Wildman–Crippen LogP) is 1.61. The highest BCUT2D eigenvalue weighted by molar-refractivity contribution is 7.80. The van der Waals surface area contributed by atoms with E-state index in [2.05, 4.69) is 23.3 Å². The lowest BCUT2D eigenvalue weighted by molar-refractivity contribution is -0.115. The zero-order valence-corrected chi connectivity index (χ0v) is 10.8. The van der Waals surface area contributed by atoms with Crippen molar-refractivity contribution >= 4 is 30.1 Å². The normalized spacial score (nSPS) is 9.82. The summed E-state index contributed by atoms with van der Waals surface area (Å²) in [7, 11) is 1.58. The van der Waals surface area contributed by atoms with E-state index in [-0.39, 0.29) is 11.8 Å². The van der Waals surface area contributed by atoms with Gasteiger partial charge in [0.25, 0.3) is 5.91 Å². The maximum absolute atomic E-state index is 11.6. The monoisotopic (exact) mass is 252 g/mol. The van der Waals surface area contributed by atoms with Crippen molar-refractivity contribution in [3.63, 3.8) is 0 Å². The Hall–Kier alpha value is -1.49. The summed E-state index contributed by atoms with van der Waals surface area (Å²) >= 11 is 4.00. The van der Waals surface area contributed by atoms with E-state index in [4.69, 9.17) is 0 Å². The number of thiol groups is 1. The topological polar surface area (TPSA) is 58.2 Å². The second kappa shape index (κ2) is 6.30. The summed E-state index contributed by atoms with van der Waals surface area (Å²) in [5, 5.41) is 5.33. The van der Waals surface area contributed by atoms with Crippen molar-refractivity contribution < 1.29 is 9.59 Å². The standard InChI is InChI=1S/C12H16N2O2S/c1-8-9(12(16)13-2)4-3-5-10(8)14-11(15)6-7-17/h3-5,17H,6-7H2,1-2H3,(H,13,16)(H,14,15). The SMILES string of the molecule is CNC(=O)c1cccc(NC(=O)CCS)c1C. The third-order valence-corrected chi connectivity index (χ3v) is 2.64. The number of benzene rings is 1. The van der Waals surface area contributed by atoms with Crippen LogP contribution in [0.5, 0.6) is 0 Å². The number of rotatable bonds is 4. The second-order valence-corrected chi connectivity index (χ2v) is 4.03. The van der Waals surface area contributed by atoms with Crippen molar-refractivity contribution in [2.24, 2.45) is 0 Å². The van der Waals surface area contributed by atoms with Crippen LogP contribution in [0.25, 0.3) is 0 Å². The number of carbonyl (C=O) groups is 2. The zero-order valence-electron chi connectivity index (χ0n) is 9.91. The minimum Gasteiger partial charge on any atom is -0.355 e. The van der Waals surface area contributed by atoms with Crippen LogP contribution in [0.15, 0.2) is 18.2 Å². The van der Waals surface area contributed by atoms with E-state index in [0.717, 1.165) is 5.56 Å². The Bertz CT molecular complexity index is 433. The Kier molecular flexibility index (Phi) is 5.03. The Morgan fingerprint density at radius 3 is 2.65 bits per heavy atom. The highest BCUT2D eigenvalue weighted by Crippen LogP contribution is 2.19. The molecule has 0 aliphatic heterocycles. The Balaban J connectivity index is 2.94. The fourth-order valence-corrected chi connectivity index (χ4v) is 1.67. The van der Waals surface area contributed by atoms with E-state index in [1.165, 1.54) is 0 Å². The second-order valence-electron chi connectivity index (χ2n) is 3.58. The van der Waals surface area contributed by atoms with Crippen molar-refractivity contribution in [3.05, 3.63) is 29.3 Å². The number of carbonyl (C=O) groups excluding carboxylic acids is 2. The van der Waals surface area contributed by atoms with Gasteiger partial charge in [-0.15, -0.1) is 0 Å². The fraction of sp³-hybridized carbons (Fsp3) is 0.333. The van der Waals surface area contributed by atoms with E-state index >= 15 is 0 Å². The molecule has 0 saturated carbocycles. The highest BCUT2D eigenvalue weighted by atomic mass is 32.1.